The van der Waals surface area contributed by atoms with Crippen molar-refractivity contribution < 1.29 is 4.74 Å². The van der Waals surface area contributed by atoms with Crippen LogP contribution in [0.4, 0.5) is 5.69 Å². The second kappa shape index (κ2) is 7.10. The van der Waals surface area contributed by atoms with E-state index in [4.69, 9.17) is 4.74 Å². The molecule has 0 fully saturated rings. The number of benzene rings is 2. The third-order valence-electron chi connectivity index (χ3n) is 2.50. The number of halogens is 1. The predicted octanol–water partition coefficient (Wildman–Crippen LogP) is 4.68. The summed E-state index contributed by atoms with van der Waals surface area (Å²) >= 11 is 3.48. The van der Waals surface area contributed by atoms with Crippen molar-refractivity contribution >= 4 is 27.8 Å². The van der Waals surface area contributed by atoms with Crippen LogP contribution < -0.4 is 10.2 Å². The lowest BCUT2D eigenvalue weighted by molar-refractivity contribution is 0.241. The van der Waals surface area contributed by atoms with Gasteiger partial charge in [0.25, 0.3) is 0 Å². The maximum atomic E-state index is 5.72. The molecule has 2 rings (SSSR count). The van der Waals surface area contributed by atoms with E-state index in [-0.39, 0.29) is 6.10 Å². The SMILES string of the molecule is CC(C)Oc1cc(C=NNc2ccccc2)ccc1Br. The summed E-state index contributed by atoms with van der Waals surface area (Å²) in [5.41, 5.74) is 4.92. The van der Waals surface area contributed by atoms with E-state index in [9.17, 15) is 0 Å². The topological polar surface area (TPSA) is 33.6 Å². The lowest BCUT2D eigenvalue weighted by Gasteiger charge is -2.11. The maximum absolute atomic E-state index is 5.72. The minimum Gasteiger partial charge on any atom is -0.490 e. The first-order valence-corrected chi connectivity index (χ1v) is 7.25. The first kappa shape index (κ1) is 14.6. The second-order valence-electron chi connectivity index (χ2n) is 4.59. The van der Waals surface area contributed by atoms with Crippen LogP contribution in [0.2, 0.25) is 0 Å². The normalized spacial score (nSPS) is 11.0. The molecule has 2 aromatic rings. The largest absolute Gasteiger partial charge is 0.490 e. The molecule has 0 atom stereocenters. The molecule has 0 radical (unpaired) electrons. The van der Waals surface area contributed by atoms with Gasteiger partial charge in [0.15, 0.2) is 0 Å². The Hall–Kier alpha value is -1.81. The molecular weight excluding hydrogens is 316 g/mol. The highest BCUT2D eigenvalue weighted by atomic mass is 79.9. The summed E-state index contributed by atoms with van der Waals surface area (Å²) in [6.07, 6.45) is 1.91. The van der Waals surface area contributed by atoms with Gasteiger partial charge in [-0.15, -0.1) is 0 Å². The van der Waals surface area contributed by atoms with Crippen LogP contribution in [0.1, 0.15) is 19.4 Å². The molecule has 0 aliphatic carbocycles. The van der Waals surface area contributed by atoms with E-state index in [1.807, 2.05) is 62.4 Å². The van der Waals surface area contributed by atoms with Gasteiger partial charge in [0.05, 0.1) is 22.5 Å². The van der Waals surface area contributed by atoms with Gasteiger partial charge in [-0.3, -0.25) is 5.43 Å². The molecule has 3 nitrogen and oxygen atoms in total. The van der Waals surface area contributed by atoms with Crippen LogP contribution in [-0.4, -0.2) is 12.3 Å². The molecule has 0 spiro atoms. The summed E-state index contributed by atoms with van der Waals surface area (Å²) in [5.74, 6) is 0.823. The van der Waals surface area contributed by atoms with Crippen molar-refractivity contribution in [2.45, 2.75) is 20.0 Å². The first-order valence-electron chi connectivity index (χ1n) is 6.45. The molecule has 0 aromatic heterocycles. The predicted molar refractivity (Wildman–Crippen MR) is 87.6 cm³/mol. The number of hydrogen-bond acceptors (Lipinski definition) is 3. The lowest BCUT2D eigenvalue weighted by Crippen LogP contribution is -2.06. The highest BCUT2D eigenvalue weighted by molar-refractivity contribution is 9.10. The standard InChI is InChI=1S/C16H17BrN2O/c1-12(2)20-16-10-13(8-9-15(16)17)11-18-19-14-6-4-3-5-7-14/h3-12,19H,1-2H3. The van der Waals surface area contributed by atoms with Crippen LogP contribution in [0.5, 0.6) is 5.75 Å². The molecule has 104 valence electrons. The van der Waals surface area contributed by atoms with Crippen molar-refractivity contribution in [1.29, 1.82) is 0 Å². The van der Waals surface area contributed by atoms with Gasteiger partial charge in [-0.2, -0.15) is 5.10 Å². The van der Waals surface area contributed by atoms with Gasteiger partial charge in [-0.25, -0.2) is 0 Å². The zero-order valence-corrected chi connectivity index (χ0v) is 13.1. The first-order chi connectivity index (χ1) is 9.65. The molecule has 0 aliphatic rings. The number of anilines is 1. The van der Waals surface area contributed by atoms with E-state index in [0.717, 1.165) is 21.5 Å². The van der Waals surface area contributed by atoms with Gasteiger partial charge in [0, 0.05) is 0 Å². The molecule has 0 aliphatic heterocycles. The van der Waals surface area contributed by atoms with Crippen LogP contribution >= 0.6 is 15.9 Å². The monoisotopic (exact) mass is 332 g/mol. The molecule has 0 bridgehead atoms. The van der Waals surface area contributed by atoms with Crippen LogP contribution in [0.15, 0.2) is 58.1 Å². The zero-order valence-electron chi connectivity index (χ0n) is 11.5. The quantitative estimate of drug-likeness (QED) is 0.636. The Kier molecular flexibility index (Phi) is 5.18. The Labute approximate surface area is 127 Å². The Morgan fingerprint density at radius 2 is 1.90 bits per heavy atom. The summed E-state index contributed by atoms with van der Waals surface area (Å²) in [6.45, 7) is 4.01. The number of nitrogens with zero attached hydrogens (tertiary/aromatic N) is 1. The number of para-hydroxylation sites is 1. The third kappa shape index (κ3) is 4.38. The summed E-state index contributed by atoms with van der Waals surface area (Å²) in [4.78, 5) is 0. The second-order valence-corrected chi connectivity index (χ2v) is 5.45. The van der Waals surface area contributed by atoms with Crippen molar-refractivity contribution in [2.75, 3.05) is 5.43 Å². The summed E-state index contributed by atoms with van der Waals surface area (Å²) in [6, 6.07) is 15.7. The van der Waals surface area contributed by atoms with Gasteiger partial charge < -0.3 is 4.74 Å². The van der Waals surface area contributed by atoms with Gasteiger partial charge in [0.2, 0.25) is 0 Å². The highest BCUT2D eigenvalue weighted by Gasteiger charge is 2.03. The van der Waals surface area contributed by atoms with Crippen molar-refractivity contribution in [1.82, 2.24) is 0 Å². The Morgan fingerprint density at radius 1 is 1.15 bits per heavy atom. The fourth-order valence-electron chi connectivity index (χ4n) is 1.64. The van der Waals surface area contributed by atoms with Gasteiger partial charge in [-0.05, 0) is 59.6 Å². The van der Waals surface area contributed by atoms with E-state index in [2.05, 4.69) is 26.5 Å². The molecule has 1 N–H and O–H groups in total. The van der Waals surface area contributed by atoms with Crippen LogP contribution in [0.3, 0.4) is 0 Å². The molecule has 0 saturated heterocycles. The molecule has 0 amide bonds. The number of hydrazone groups is 1. The smallest absolute Gasteiger partial charge is 0.134 e. The van der Waals surface area contributed by atoms with Crippen molar-refractivity contribution in [3.63, 3.8) is 0 Å². The fourth-order valence-corrected chi connectivity index (χ4v) is 1.98. The Balaban J connectivity index is 2.06. The minimum absolute atomic E-state index is 0.140. The third-order valence-corrected chi connectivity index (χ3v) is 3.15. The van der Waals surface area contributed by atoms with Crippen LogP contribution in [0, 0.1) is 0 Å². The van der Waals surface area contributed by atoms with E-state index in [1.54, 1.807) is 6.21 Å². The van der Waals surface area contributed by atoms with Gasteiger partial charge >= 0.3 is 0 Å². The van der Waals surface area contributed by atoms with Crippen molar-refractivity contribution in [3.8, 4) is 5.75 Å². The Bertz CT molecular complexity index is 582. The zero-order chi connectivity index (χ0) is 14.4. The number of rotatable bonds is 5. The van der Waals surface area contributed by atoms with Gasteiger partial charge in [-0.1, -0.05) is 24.3 Å². The molecule has 20 heavy (non-hydrogen) atoms. The molecular formula is C16H17BrN2O. The lowest BCUT2D eigenvalue weighted by atomic mass is 10.2. The van der Waals surface area contributed by atoms with E-state index in [1.165, 1.54) is 0 Å². The fraction of sp³-hybridized carbons (Fsp3) is 0.188. The van der Waals surface area contributed by atoms with Crippen LogP contribution in [-0.2, 0) is 0 Å². The summed E-state index contributed by atoms with van der Waals surface area (Å²) in [5, 5.41) is 4.22. The molecule has 4 heteroatoms. The summed E-state index contributed by atoms with van der Waals surface area (Å²) < 4.78 is 6.67. The average molecular weight is 333 g/mol. The number of ether oxygens (including phenoxy) is 1. The average Bonchev–Trinajstić information content (AvgIpc) is 2.43. The minimum atomic E-state index is 0.140. The number of hydrogen-bond donors (Lipinski definition) is 1. The van der Waals surface area contributed by atoms with Crippen LogP contribution in [0.25, 0.3) is 0 Å². The van der Waals surface area contributed by atoms with Gasteiger partial charge in [0.1, 0.15) is 5.75 Å². The highest BCUT2D eigenvalue weighted by Crippen LogP contribution is 2.26. The molecule has 0 saturated carbocycles. The van der Waals surface area contributed by atoms with E-state index < -0.39 is 0 Å². The summed E-state index contributed by atoms with van der Waals surface area (Å²) in [7, 11) is 0. The molecule has 2 aromatic carbocycles. The number of nitrogens with one attached hydrogen (secondary N) is 1. The maximum Gasteiger partial charge on any atom is 0.134 e. The van der Waals surface area contributed by atoms with E-state index in [0.29, 0.717) is 0 Å². The Morgan fingerprint density at radius 3 is 2.60 bits per heavy atom. The molecule has 0 heterocycles. The van der Waals surface area contributed by atoms with Crippen molar-refractivity contribution in [2.24, 2.45) is 5.10 Å². The molecule has 0 unspecified atom stereocenters. The van der Waals surface area contributed by atoms with E-state index >= 15 is 0 Å². The van der Waals surface area contributed by atoms with Crippen molar-refractivity contribution in [3.05, 3.63) is 58.6 Å².